The Morgan fingerprint density at radius 3 is 3.06 bits per heavy atom. The van der Waals surface area contributed by atoms with E-state index in [-0.39, 0.29) is 6.10 Å². The summed E-state index contributed by atoms with van der Waals surface area (Å²) in [6, 6.07) is 2.48. The van der Waals surface area contributed by atoms with Crippen molar-refractivity contribution >= 4 is 0 Å². The van der Waals surface area contributed by atoms with Gasteiger partial charge in [-0.05, 0) is 39.2 Å². The van der Waals surface area contributed by atoms with Crippen LogP contribution >= 0.6 is 0 Å². The number of aliphatic hydroxyl groups is 1. The van der Waals surface area contributed by atoms with E-state index in [9.17, 15) is 5.11 Å². The molecule has 0 aliphatic heterocycles. The number of hydrogen-bond acceptors (Lipinski definition) is 2. The van der Waals surface area contributed by atoms with E-state index in [1.165, 1.54) is 11.4 Å². The maximum Gasteiger partial charge on any atom is 0.0807 e. The zero-order valence-electron chi connectivity index (χ0n) is 10.4. The van der Waals surface area contributed by atoms with E-state index in [2.05, 4.69) is 24.5 Å². The zero-order valence-corrected chi connectivity index (χ0v) is 10.4. The molecule has 0 bridgehead atoms. The Balaban J connectivity index is 2.38. The zero-order chi connectivity index (χ0) is 11.7. The number of ether oxygens (including phenoxy) is 1. The fourth-order valence-electron chi connectivity index (χ4n) is 2.83. The Morgan fingerprint density at radius 2 is 2.38 bits per heavy atom. The van der Waals surface area contributed by atoms with Crippen LogP contribution in [0.15, 0.2) is 6.07 Å². The van der Waals surface area contributed by atoms with Crippen LogP contribution in [0.5, 0.6) is 0 Å². The summed E-state index contributed by atoms with van der Waals surface area (Å²) in [5.74, 6) is 0. The summed E-state index contributed by atoms with van der Waals surface area (Å²) in [4.78, 5) is 0. The number of aromatic nitrogens is 1. The second-order valence-corrected chi connectivity index (χ2v) is 4.77. The largest absolute Gasteiger partial charge is 0.388 e. The highest BCUT2D eigenvalue weighted by Gasteiger charge is 2.24. The number of hydrogen-bond donors (Lipinski definition) is 1. The van der Waals surface area contributed by atoms with Crippen LogP contribution < -0.4 is 0 Å². The van der Waals surface area contributed by atoms with Gasteiger partial charge in [-0.2, -0.15) is 0 Å². The molecule has 0 saturated heterocycles. The van der Waals surface area contributed by atoms with Crippen molar-refractivity contribution in [1.82, 2.24) is 4.57 Å². The summed E-state index contributed by atoms with van der Waals surface area (Å²) < 4.78 is 7.54. The smallest absolute Gasteiger partial charge is 0.0807 e. The Kier molecular flexibility index (Phi) is 3.36. The molecule has 0 saturated carbocycles. The van der Waals surface area contributed by atoms with Gasteiger partial charge in [0, 0.05) is 24.1 Å². The van der Waals surface area contributed by atoms with Gasteiger partial charge in [-0.1, -0.05) is 0 Å². The number of aliphatic hydroxyl groups excluding tert-OH is 1. The van der Waals surface area contributed by atoms with Crippen molar-refractivity contribution in [3.63, 3.8) is 0 Å². The van der Waals surface area contributed by atoms with Crippen LogP contribution in [0, 0.1) is 6.92 Å². The minimum atomic E-state index is -0.265. The van der Waals surface area contributed by atoms with Gasteiger partial charge in [0.25, 0.3) is 0 Å². The molecule has 2 atom stereocenters. The molecule has 90 valence electrons. The minimum Gasteiger partial charge on any atom is -0.388 e. The lowest BCUT2D eigenvalue weighted by atomic mass is 9.95. The Morgan fingerprint density at radius 1 is 1.62 bits per heavy atom. The Labute approximate surface area is 97.0 Å². The van der Waals surface area contributed by atoms with Gasteiger partial charge in [-0.25, -0.2) is 0 Å². The molecule has 1 aromatic rings. The molecule has 16 heavy (non-hydrogen) atoms. The third kappa shape index (κ3) is 1.89. The summed E-state index contributed by atoms with van der Waals surface area (Å²) in [5, 5.41) is 9.97. The number of nitrogens with zero attached hydrogens (tertiary/aromatic N) is 1. The molecule has 0 aromatic carbocycles. The van der Waals surface area contributed by atoms with E-state index in [4.69, 9.17) is 4.74 Å². The Bertz CT molecular complexity index is 370. The van der Waals surface area contributed by atoms with Crippen molar-refractivity contribution in [2.24, 2.45) is 0 Å². The first-order valence-corrected chi connectivity index (χ1v) is 6.02. The van der Waals surface area contributed by atoms with Crippen molar-refractivity contribution < 1.29 is 9.84 Å². The van der Waals surface area contributed by atoms with E-state index in [1.54, 1.807) is 7.11 Å². The van der Waals surface area contributed by atoms with Gasteiger partial charge in [-0.15, -0.1) is 0 Å². The fourth-order valence-corrected chi connectivity index (χ4v) is 2.83. The summed E-state index contributed by atoms with van der Waals surface area (Å²) in [7, 11) is 1.73. The van der Waals surface area contributed by atoms with E-state index in [0.717, 1.165) is 31.4 Å². The van der Waals surface area contributed by atoms with Gasteiger partial charge in [0.2, 0.25) is 0 Å². The number of aryl methyl sites for hydroxylation is 1. The molecule has 0 amide bonds. The third-order valence-electron chi connectivity index (χ3n) is 3.47. The molecule has 0 spiro atoms. The molecule has 0 radical (unpaired) electrons. The highest BCUT2D eigenvalue weighted by Crippen LogP contribution is 2.33. The van der Waals surface area contributed by atoms with Crippen LogP contribution in [0.2, 0.25) is 0 Å². The minimum absolute atomic E-state index is 0.265. The normalized spacial score (nSPS) is 21.9. The molecule has 0 fully saturated rings. The molecule has 2 unspecified atom stereocenters. The third-order valence-corrected chi connectivity index (χ3v) is 3.47. The van der Waals surface area contributed by atoms with Crippen molar-refractivity contribution in [3.05, 3.63) is 23.0 Å². The maximum atomic E-state index is 9.97. The van der Waals surface area contributed by atoms with Crippen LogP contribution in [0.3, 0.4) is 0 Å². The predicted octanol–water partition coefficient (Wildman–Crippen LogP) is 2.37. The summed E-state index contributed by atoms with van der Waals surface area (Å²) in [6.45, 7) is 4.99. The van der Waals surface area contributed by atoms with Crippen LogP contribution in [-0.2, 0) is 11.2 Å². The molecule has 1 N–H and O–H groups in total. The lowest BCUT2D eigenvalue weighted by Crippen LogP contribution is -2.18. The van der Waals surface area contributed by atoms with Gasteiger partial charge >= 0.3 is 0 Å². The molecular weight excluding hydrogens is 202 g/mol. The van der Waals surface area contributed by atoms with Crippen LogP contribution in [-0.4, -0.2) is 23.4 Å². The van der Waals surface area contributed by atoms with Crippen molar-refractivity contribution in [2.75, 3.05) is 13.7 Å². The van der Waals surface area contributed by atoms with Gasteiger partial charge < -0.3 is 14.4 Å². The molecule has 1 heterocycles. The topological polar surface area (TPSA) is 34.4 Å². The number of fused-ring (bicyclic) bond motifs is 1. The van der Waals surface area contributed by atoms with Gasteiger partial charge in [0.05, 0.1) is 18.8 Å². The highest BCUT2D eigenvalue weighted by molar-refractivity contribution is 5.32. The summed E-state index contributed by atoms with van der Waals surface area (Å²) in [5.41, 5.74) is 3.67. The second-order valence-electron chi connectivity index (χ2n) is 4.77. The predicted molar refractivity (Wildman–Crippen MR) is 63.7 cm³/mol. The lowest BCUT2D eigenvalue weighted by molar-refractivity contribution is 0.148. The SMILES string of the molecule is COCC(C)n1c(C)cc2c1CCCC2O. The average Bonchev–Trinajstić information content (AvgIpc) is 2.56. The number of methoxy groups -OCH3 is 1. The van der Waals surface area contributed by atoms with Crippen LogP contribution in [0.1, 0.15) is 48.9 Å². The van der Waals surface area contributed by atoms with Crippen molar-refractivity contribution in [2.45, 2.75) is 45.3 Å². The fraction of sp³-hybridized carbons (Fsp3) is 0.692. The van der Waals surface area contributed by atoms with E-state index in [0.29, 0.717) is 6.04 Å². The molecule has 3 heteroatoms. The summed E-state index contributed by atoms with van der Waals surface area (Å²) >= 11 is 0. The standard InChI is InChI=1S/C13H21NO2/c1-9-7-11-12(5-4-6-13(11)15)14(9)10(2)8-16-3/h7,10,13,15H,4-6,8H2,1-3H3. The van der Waals surface area contributed by atoms with E-state index < -0.39 is 0 Å². The van der Waals surface area contributed by atoms with Crippen LogP contribution in [0.4, 0.5) is 0 Å². The quantitative estimate of drug-likeness (QED) is 0.853. The van der Waals surface area contributed by atoms with Gasteiger partial charge in [-0.3, -0.25) is 0 Å². The molecule has 1 aliphatic rings. The van der Waals surface area contributed by atoms with Crippen molar-refractivity contribution in [3.8, 4) is 0 Å². The molecule has 2 rings (SSSR count). The first-order chi connectivity index (χ1) is 7.65. The first kappa shape index (κ1) is 11.7. The molecular formula is C13H21NO2. The molecule has 1 aromatic heterocycles. The number of rotatable bonds is 3. The van der Waals surface area contributed by atoms with E-state index >= 15 is 0 Å². The monoisotopic (exact) mass is 223 g/mol. The summed E-state index contributed by atoms with van der Waals surface area (Å²) in [6.07, 6.45) is 2.79. The van der Waals surface area contributed by atoms with Gasteiger partial charge in [0.15, 0.2) is 0 Å². The highest BCUT2D eigenvalue weighted by atomic mass is 16.5. The van der Waals surface area contributed by atoms with Gasteiger partial charge in [0.1, 0.15) is 0 Å². The molecule has 1 aliphatic carbocycles. The molecule has 3 nitrogen and oxygen atoms in total. The van der Waals surface area contributed by atoms with Crippen LogP contribution in [0.25, 0.3) is 0 Å². The second kappa shape index (κ2) is 4.60. The van der Waals surface area contributed by atoms with E-state index in [1.807, 2.05) is 0 Å². The lowest BCUT2D eigenvalue weighted by Gasteiger charge is -2.23. The maximum absolute atomic E-state index is 9.97. The average molecular weight is 223 g/mol. The first-order valence-electron chi connectivity index (χ1n) is 6.02. The Hall–Kier alpha value is -0.800. The van der Waals surface area contributed by atoms with Crippen molar-refractivity contribution in [1.29, 1.82) is 0 Å².